The van der Waals surface area contributed by atoms with Crippen LogP contribution in [0.2, 0.25) is 0 Å². The van der Waals surface area contributed by atoms with Gasteiger partial charge in [-0.2, -0.15) is 0 Å². The molecule has 2 rings (SSSR count). The number of benzene rings is 1. The molecule has 90 valence electrons. The number of carbonyl (C=O) groups is 2. The lowest BCUT2D eigenvalue weighted by Crippen LogP contribution is -2.12. The van der Waals surface area contributed by atoms with Crippen LogP contribution < -0.4 is 5.32 Å². The maximum Gasteiger partial charge on any atom is 0.305 e. The van der Waals surface area contributed by atoms with E-state index in [9.17, 15) is 9.59 Å². The molecule has 1 atom stereocenters. The predicted octanol–water partition coefficient (Wildman–Crippen LogP) is 2.07. The van der Waals surface area contributed by atoms with E-state index in [0.29, 0.717) is 19.3 Å². The molecule has 0 radical (unpaired) electrons. The first kappa shape index (κ1) is 11.6. The van der Waals surface area contributed by atoms with E-state index in [4.69, 9.17) is 0 Å². The topological polar surface area (TPSA) is 55.4 Å². The van der Waals surface area contributed by atoms with Crippen molar-refractivity contribution in [2.24, 2.45) is 0 Å². The van der Waals surface area contributed by atoms with E-state index in [-0.39, 0.29) is 17.8 Å². The number of anilines is 1. The molecule has 17 heavy (non-hydrogen) atoms. The Hall–Kier alpha value is -1.84. The number of nitrogens with one attached hydrogen (secondary N) is 1. The predicted molar refractivity (Wildman–Crippen MR) is 63.7 cm³/mol. The number of hydrogen-bond acceptors (Lipinski definition) is 3. The molecule has 0 unspecified atom stereocenters. The highest BCUT2D eigenvalue weighted by atomic mass is 16.5. The highest BCUT2D eigenvalue weighted by Gasteiger charge is 2.29. The van der Waals surface area contributed by atoms with Gasteiger partial charge < -0.3 is 10.1 Å². The fourth-order valence-electron chi connectivity index (χ4n) is 2.11. The van der Waals surface area contributed by atoms with Crippen molar-refractivity contribution in [3.63, 3.8) is 0 Å². The van der Waals surface area contributed by atoms with Crippen LogP contribution in [0.15, 0.2) is 24.3 Å². The van der Waals surface area contributed by atoms with Gasteiger partial charge in [-0.3, -0.25) is 9.59 Å². The number of para-hydroxylation sites is 1. The largest absolute Gasteiger partial charge is 0.469 e. The minimum absolute atomic E-state index is 0.0241. The molecule has 1 N–H and O–H groups in total. The number of fused-ring (bicyclic) bond motifs is 1. The molecule has 1 amide bonds. The van der Waals surface area contributed by atoms with Crippen molar-refractivity contribution in [2.75, 3.05) is 12.4 Å². The molecule has 1 aliphatic rings. The van der Waals surface area contributed by atoms with Crippen LogP contribution in [-0.2, 0) is 14.3 Å². The second kappa shape index (κ2) is 4.99. The zero-order valence-corrected chi connectivity index (χ0v) is 9.73. The number of methoxy groups -OCH3 is 1. The SMILES string of the molecule is COC(=O)CCC[C@@H]1C(=O)Nc2ccccc21. The van der Waals surface area contributed by atoms with E-state index >= 15 is 0 Å². The molecule has 1 aromatic rings. The molecular weight excluding hydrogens is 218 g/mol. The number of amides is 1. The molecule has 0 saturated carbocycles. The molecule has 1 heterocycles. The van der Waals surface area contributed by atoms with E-state index in [1.165, 1.54) is 7.11 Å². The summed E-state index contributed by atoms with van der Waals surface area (Å²) in [5, 5.41) is 2.84. The monoisotopic (exact) mass is 233 g/mol. The molecule has 0 fully saturated rings. The average Bonchev–Trinajstić information content (AvgIpc) is 2.66. The second-order valence-electron chi connectivity index (χ2n) is 4.10. The van der Waals surface area contributed by atoms with E-state index in [1.807, 2.05) is 24.3 Å². The quantitative estimate of drug-likeness (QED) is 0.810. The van der Waals surface area contributed by atoms with Crippen molar-refractivity contribution in [1.82, 2.24) is 0 Å². The van der Waals surface area contributed by atoms with Crippen LogP contribution in [0.4, 0.5) is 5.69 Å². The Morgan fingerprint density at radius 3 is 2.94 bits per heavy atom. The van der Waals surface area contributed by atoms with Crippen molar-refractivity contribution in [2.45, 2.75) is 25.2 Å². The summed E-state index contributed by atoms with van der Waals surface area (Å²) < 4.78 is 4.57. The molecule has 1 aromatic carbocycles. The van der Waals surface area contributed by atoms with Gasteiger partial charge in [0.15, 0.2) is 0 Å². The van der Waals surface area contributed by atoms with Gasteiger partial charge in [0.2, 0.25) is 5.91 Å². The first-order valence-electron chi connectivity index (χ1n) is 5.69. The Labute approximate surface area is 100.0 Å². The van der Waals surface area contributed by atoms with Gasteiger partial charge in [-0.15, -0.1) is 0 Å². The number of carbonyl (C=O) groups excluding carboxylic acids is 2. The summed E-state index contributed by atoms with van der Waals surface area (Å²) in [5.41, 5.74) is 1.92. The van der Waals surface area contributed by atoms with Crippen molar-refractivity contribution >= 4 is 17.6 Å². The van der Waals surface area contributed by atoms with Gasteiger partial charge in [-0.05, 0) is 24.5 Å². The number of esters is 1. The Balaban J connectivity index is 1.97. The maximum atomic E-state index is 11.7. The molecule has 0 bridgehead atoms. The summed E-state index contributed by atoms with van der Waals surface area (Å²) in [4.78, 5) is 22.7. The highest BCUT2D eigenvalue weighted by molar-refractivity contribution is 6.02. The van der Waals surface area contributed by atoms with Crippen molar-refractivity contribution in [1.29, 1.82) is 0 Å². The van der Waals surface area contributed by atoms with Crippen LogP contribution in [0.25, 0.3) is 0 Å². The smallest absolute Gasteiger partial charge is 0.305 e. The molecule has 0 aromatic heterocycles. The number of ether oxygens (including phenoxy) is 1. The third-order valence-electron chi connectivity index (χ3n) is 3.01. The Morgan fingerprint density at radius 1 is 1.41 bits per heavy atom. The van der Waals surface area contributed by atoms with Gasteiger partial charge in [-0.1, -0.05) is 18.2 Å². The van der Waals surface area contributed by atoms with Gasteiger partial charge in [0, 0.05) is 12.1 Å². The number of rotatable bonds is 4. The zero-order valence-electron chi connectivity index (χ0n) is 9.73. The van der Waals surface area contributed by atoms with Crippen molar-refractivity contribution < 1.29 is 14.3 Å². The molecule has 0 spiro atoms. The summed E-state index contributed by atoms with van der Waals surface area (Å²) in [5.74, 6) is -0.330. The van der Waals surface area contributed by atoms with Gasteiger partial charge in [0.05, 0.1) is 13.0 Å². The molecule has 1 aliphatic heterocycles. The van der Waals surface area contributed by atoms with Crippen molar-refractivity contribution in [3.05, 3.63) is 29.8 Å². The van der Waals surface area contributed by atoms with Gasteiger partial charge >= 0.3 is 5.97 Å². The highest BCUT2D eigenvalue weighted by Crippen LogP contribution is 2.35. The van der Waals surface area contributed by atoms with Crippen LogP contribution >= 0.6 is 0 Å². The molecule has 0 saturated heterocycles. The van der Waals surface area contributed by atoms with Gasteiger partial charge in [-0.25, -0.2) is 0 Å². The lowest BCUT2D eigenvalue weighted by atomic mass is 9.95. The molecular formula is C13H15NO3. The van der Waals surface area contributed by atoms with E-state index in [2.05, 4.69) is 10.1 Å². The fraction of sp³-hybridized carbons (Fsp3) is 0.385. The minimum Gasteiger partial charge on any atom is -0.469 e. The second-order valence-corrected chi connectivity index (χ2v) is 4.10. The third kappa shape index (κ3) is 2.46. The lowest BCUT2D eigenvalue weighted by molar-refractivity contribution is -0.140. The van der Waals surface area contributed by atoms with E-state index < -0.39 is 0 Å². The fourth-order valence-corrected chi connectivity index (χ4v) is 2.11. The van der Waals surface area contributed by atoms with E-state index in [0.717, 1.165) is 11.3 Å². The summed E-state index contributed by atoms with van der Waals surface area (Å²) in [6.45, 7) is 0. The summed E-state index contributed by atoms with van der Waals surface area (Å²) >= 11 is 0. The Bertz CT molecular complexity index is 442. The van der Waals surface area contributed by atoms with Crippen LogP contribution in [0.5, 0.6) is 0 Å². The van der Waals surface area contributed by atoms with Crippen LogP contribution in [-0.4, -0.2) is 19.0 Å². The van der Waals surface area contributed by atoms with Gasteiger partial charge in [0.25, 0.3) is 0 Å². The van der Waals surface area contributed by atoms with Gasteiger partial charge in [0.1, 0.15) is 0 Å². The van der Waals surface area contributed by atoms with Crippen LogP contribution in [0, 0.1) is 0 Å². The standard InChI is InChI=1S/C13H15NO3/c1-17-12(15)8-4-6-10-9-5-2-3-7-11(9)14-13(10)16/h2-3,5,7,10H,4,6,8H2,1H3,(H,14,16)/t10-/m0/s1. The van der Waals surface area contributed by atoms with Crippen molar-refractivity contribution in [3.8, 4) is 0 Å². The first-order chi connectivity index (χ1) is 8.22. The average molecular weight is 233 g/mol. The Morgan fingerprint density at radius 2 is 2.18 bits per heavy atom. The Kier molecular flexibility index (Phi) is 3.42. The third-order valence-corrected chi connectivity index (χ3v) is 3.01. The summed E-state index contributed by atoms with van der Waals surface area (Å²) in [6.07, 6.45) is 1.71. The summed E-state index contributed by atoms with van der Waals surface area (Å²) in [7, 11) is 1.37. The normalized spacial score (nSPS) is 17.5. The maximum absolute atomic E-state index is 11.7. The van der Waals surface area contributed by atoms with Crippen LogP contribution in [0.3, 0.4) is 0 Å². The van der Waals surface area contributed by atoms with Crippen LogP contribution in [0.1, 0.15) is 30.7 Å². The lowest BCUT2D eigenvalue weighted by Gasteiger charge is -2.07. The first-order valence-corrected chi connectivity index (χ1v) is 5.69. The molecule has 4 heteroatoms. The minimum atomic E-state index is -0.225. The zero-order chi connectivity index (χ0) is 12.3. The molecule has 0 aliphatic carbocycles. The summed E-state index contributed by atoms with van der Waals surface area (Å²) in [6, 6.07) is 7.67. The number of hydrogen-bond donors (Lipinski definition) is 1. The van der Waals surface area contributed by atoms with E-state index in [1.54, 1.807) is 0 Å². The molecule has 4 nitrogen and oxygen atoms in total.